The van der Waals surface area contributed by atoms with Gasteiger partial charge in [0.25, 0.3) is 0 Å². The molecule has 1 aliphatic rings. The Kier molecular flexibility index (Phi) is 7.93. The monoisotopic (exact) mass is 452 g/mol. The van der Waals surface area contributed by atoms with Crippen LogP contribution in [0.3, 0.4) is 0 Å². The molecule has 5 N–H and O–H groups in total. The molecule has 2 aromatic rings. The van der Waals surface area contributed by atoms with Crippen molar-refractivity contribution in [3.8, 4) is 5.75 Å². The first-order chi connectivity index (χ1) is 14.7. The zero-order valence-electron chi connectivity index (χ0n) is 17.5. The lowest BCUT2D eigenvalue weighted by molar-refractivity contribution is -0.286. The highest BCUT2D eigenvalue weighted by Crippen LogP contribution is 2.34. The standard InChI is InChI=1S/C23H29ClO7/c1-12-3-5-14(6-4-12)9-16-17(24)10-15(7-8-25)11-18(16)30-23-21(29)19(27)20(28)22(31-23)13(2)26/h3-6,10-11,13,19-23,25-29H,7-9H2,1-2H3/t13?,19-,20-,21+,22+,23+/m0/s1. The minimum absolute atomic E-state index is 0.0787. The number of halogens is 1. The van der Waals surface area contributed by atoms with E-state index in [-0.39, 0.29) is 6.61 Å². The second-order valence-corrected chi connectivity index (χ2v) is 8.40. The third-order valence-corrected chi connectivity index (χ3v) is 5.78. The van der Waals surface area contributed by atoms with Crippen molar-refractivity contribution in [2.75, 3.05) is 6.61 Å². The van der Waals surface area contributed by atoms with Crippen LogP contribution in [0.5, 0.6) is 5.75 Å². The lowest BCUT2D eigenvalue weighted by atomic mass is 9.96. The van der Waals surface area contributed by atoms with E-state index in [4.69, 9.17) is 21.1 Å². The van der Waals surface area contributed by atoms with Crippen molar-refractivity contribution < 1.29 is 35.0 Å². The van der Waals surface area contributed by atoms with Gasteiger partial charge in [0.15, 0.2) is 0 Å². The van der Waals surface area contributed by atoms with Gasteiger partial charge in [-0.25, -0.2) is 0 Å². The van der Waals surface area contributed by atoms with Gasteiger partial charge in [0, 0.05) is 23.6 Å². The van der Waals surface area contributed by atoms with Crippen molar-refractivity contribution in [1.29, 1.82) is 0 Å². The lowest BCUT2D eigenvalue weighted by Crippen LogP contribution is -2.61. The summed E-state index contributed by atoms with van der Waals surface area (Å²) in [5, 5.41) is 50.3. The van der Waals surface area contributed by atoms with Gasteiger partial charge in [0.05, 0.1) is 6.10 Å². The molecular formula is C23H29ClO7. The molecule has 6 atom stereocenters. The molecule has 170 valence electrons. The number of benzene rings is 2. The molecule has 1 heterocycles. The number of aliphatic hydroxyl groups is 5. The van der Waals surface area contributed by atoms with Crippen LogP contribution in [0.15, 0.2) is 36.4 Å². The first-order valence-corrected chi connectivity index (χ1v) is 10.6. The molecular weight excluding hydrogens is 424 g/mol. The Labute approximate surface area is 186 Å². The van der Waals surface area contributed by atoms with Gasteiger partial charge in [-0.05, 0) is 43.5 Å². The molecule has 1 unspecified atom stereocenters. The number of aliphatic hydroxyl groups excluding tert-OH is 5. The number of hydrogen-bond donors (Lipinski definition) is 5. The van der Waals surface area contributed by atoms with Crippen LogP contribution in [0.4, 0.5) is 0 Å². The SMILES string of the molecule is Cc1ccc(Cc2c(Cl)cc(CCO)cc2O[C@@H]2O[C@H](C(C)O)[C@@H](O)[C@H](O)[C@H]2O)cc1. The number of hydrogen-bond acceptors (Lipinski definition) is 7. The smallest absolute Gasteiger partial charge is 0.229 e. The van der Waals surface area contributed by atoms with Gasteiger partial charge in [-0.2, -0.15) is 0 Å². The molecule has 0 spiro atoms. The predicted molar refractivity (Wildman–Crippen MR) is 115 cm³/mol. The number of ether oxygens (including phenoxy) is 2. The van der Waals surface area contributed by atoms with Crippen molar-refractivity contribution in [2.24, 2.45) is 0 Å². The second-order valence-electron chi connectivity index (χ2n) is 7.99. The zero-order chi connectivity index (χ0) is 22.7. The molecule has 0 amide bonds. The summed E-state index contributed by atoms with van der Waals surface area (Å²) in [5.74, 6) is 0.327. The van der Waals surface area contributed by atoms with Crippen LogP contribution < -0.4 is 4.74 Å². The van der Waals surface area contributed by atoms with E-state index in [1.807, 2.05) is 31.2 Å². The van der Waals surface area contributed by atoms with Gasteiger partial charge in [-0.1, -0.05) is 41.4 Å². The fraction of sp³-hybridized carbons (Fsp3) is 0.478. The van der Waals surface area contributed by atoms with Crippen LogP contribution in [0, 0.1) is 6.92 Å². The summed E-state index contributed by atoms with van der Waals surface area (Å²) in [7, 11) is 0. The number of rotatable bonds is 7. The molecule has 0 bridgehead atoms. The van der Waals surface area contributed by atoms with Gasteiger partial charge in [-0.15, -0.1) is 0 Å². The third kappa shape index (κ3) is 5.56. The summed E-state index contributed by atoms with van der Waals surface area (Å²) in [6, 6.07) is 11.4. The molecule has 2 aromatic carbocycles. The predicted octanol–water partition coefficient (Wildman–Crippen LogP) is 1.34. The summed E-state index contributed by atoms with van der Waals surface area (Å²) in [6.45, 7) is 3.33. The quantitative estimate of drug-likeness (QED) is 0.430. The third-order valence-electron chi connectivity index (χ3n) is 5.44. The van der Waals surface area contributed by atoms with Crippen molar-refractivity contribution in [3.63, 3.8) is 0 Å². The largest absolute Gasteiger partial charge is 0.462 e. The first-order valence-electron chi connectivity index (χ1n) is 10.2. The van der Waals surface area contributed by atoms with E-state index in [9.17, 15) is 25.5 Å². The summed E-state index contributed by atoms with van der Waals surface area (Å²) in [4.78, 5) is 0. The van der Waals surface area contributed by atoms with E-state index < -0.39 is 36.8 Å². The zero-order valence-corrected chi connectivity index (χ0v) is 18.2. The van der Waals surface area contributed by atoms with Crippen LogP contribution in [0.2, 0.25) is 5.02 Å². The summed E-state index contributed by atoms with van der Waals surface area (Å²) < 4.78 is 11.5. The molecule has 3 rings (SSSR count). The van der Waals surface area contributed by atoms with E-state index in [0.29, 0.717) is 29.2 Å². The van der Waals surface area contributed by atoms with Crippen LogP contribution in [0.1, 0.15) is 29.2 Å². The molecule has 0 aromatic heterocycles. The van der Waals surface area contributed by atoms with E-state index in [0.717, 1.165) is 16.7 Å². The molecule has 0 saturated carbocycles. The van der Waals surface area contributed by atoms with Crippen LogP contribution >= 0.6 is 11.6 Å². The Morgan fingerprint density at radius 2 is 1.71 bits per heavy atom. The molecule has 1 saturated heterocycles. The molecule has 0 aliphatic carbocycles. The molecule has 0 radical (unpaired) electrons. The minimum Gasteiger partial charge on any atom is -0.462 e. The molecule has 31 heavy (non-hydrogen) atoms. The van der Waals surface area contributed by atoms with E-state index >= 15 is 0 Å². The Morgan fingerprint density at radius 3 is 2.32 bits per heavy atom. The van der Waals surface area contributed by atoms with Crippen LogP contribution in [-0.2, 0) is 17.6 Å². The average Bonchev–Trinajstić information content (AvgIpc) is 2.72. The highest BCUT2D eigenvalue weighted by Gasteiger charge is 2.46. The minimum atomic E-state index is -1.56. The first kappa shape index (κ1) is 23.9. The van der Waals surface area contributed by atoms with Crippen LogP contribution in [0.25, 0.3) is 0 Å². The average molecular weight is 453 g/mol. The Bertz CT molecular complexity index is 871. The summed E-state index contributed by atoms with van der Waals surface area (Å²) in [6.07, 6.45) is -7.34. The Morgan fingerprint density at radius 1 is 1.03 bits per heavy atom. The molecule has 8 heteroatoms. The van der Waals surface area contributed by atoms with E-state index in [1.165, 1.54) is 6.92 Å². The highest BCUT2D eigenvalue weighted by molar-refractivity contribution is 6.31. The highest BCUT2D eigenvalue weighted by atomic mass is 35.5. The van der Waals surface area contributed by atoms with Gasteiger partial charge in [-0.3, -0.25) is 0 Å². The van der Waals surface area contributed by atoms with Crippen molar-refractivity contribution in [3.05, 3.63) is 63.7 Å². The topological polar surface area (TPSA) is 120 Å². The van der Waals surface area contributed by atoms with Gasteiger partial charge in [0.1, 0.15) is 30.2 Å². The van der Waals surface area contributed by atoms with Gasteiger partial charge < -0.3 is 35.0 Å². The van der Waals surface area contributed by atoms with Crippen molar-refractivity contribution >= 4 is 11.6 Å². The maximum Gasteiger partial charge on any atom is 0.229 e. The lowest BCUT2D eigenvalue weighted by Gasteiger charge is -2.41. The van der Waals surface area contributed by atoms with Crippen LogP contribution in [-0.4, -0.2) is 68.9 Å². The second kappa shape index (κ2) is 10.3. The maximum atomic E-state index is 10.4. The Balaban J connectivity index is 1.94. The van der Waals surface area contributed by atoms with Gasteiger partial charge in [0.2, 0.25) is 6.29 Å². The fourth-order valence-corrected chi connectivity index (χ4v) is 3.92. The summed E-state index contributed by atoms with van der Waals surface area (Å²) >= 11 is 6.54. The van der Waals surface area contributed by atoms with E-state index in [2.05, 4.69) is 0 Å². The van der Waals surface area contributed by atoms with Gasteiger partial charge >= 0.3 is 0 Å². The number of aryl methyl sites for hydroxylation is 1. The normalized spacial score (nSPS) is 27.2. The molecule has 1 aliphatic heterocycles. The Hall–Kier alpha value is -1.71. The molecule has 1 fully saturated rings. The fourth-order valence-electron chi connectivity index (χ4n) is 3.62. The summed E-state index contributed by atoms with van der Waals surface area (Å²) in [5.41, 5.74) is 3.50. The molecule has 7 nitrogen and oxygen atoms in total. The maximum absolute atomic E-state index is 10.4. The van der Waals surface area contributed by atoms with Crippen molar-refractivity contribution in [2.45, 2.75) is 63.5 Å². The van der Waals surface area contributed by atoms with Crippen molar-refractivity contribution in [1.82, 2.24) is 0 Å². The van der Waals surface area contributed by atoms with E-state index in [1.54, 1.807) is 12.1 Å².